The molecule has 2 aromatic carbocycles. The number of sulfone groups is 1. The van der Waals surface area contributed by atoms with Crippen LogP contribution in [0.3, 0.4) is 0 Å². The maximum absolute atomic E-state index is 12.1. The van der Waals surface area contributed by atoms with E-state index in [0.717, 1.165) is 4.47 Å². The minimum Gasteiger partial charge on any atom is -0.296 e. The van der Waals surface area contributed by atoms with Crippen LogP contribution in [-0.2, 0) is 20.4 Å². The predicted molar refractivity (Wildman–Crippen MR) is 105 cm³/mol. The molecule has 0 saturated carbocycles. The molecular formula is C15H12BrCl3N2O3S. The summed E-state index contributed by atoms with van der Waals surface area (Å²) in [5.74, 6) is -1.67. The summed E-state index contributed by atoms with van der Waals surface area (Å²) in [6.45, 7) is 0. The highest BCUT2D eigenvalue weighted by atomic mass is 79.9. The Kier molecular flexibility index (Phi) is 6.99. The highest BCUT2D eigenvalue weighted by molar-refractivity contribution is 9.10. The van der Waals surface area contributed by atoms with Crippen molar-refractivity contribution < 1.29 is 13.2 Å². The van der Waals surface area contributed by atoms with Crippen LogP contribution in [0.25, 0.3) is 0 Å². The molecule has 0 aromatic heterocycles. The Morgan fingerprint density at radius 1 is 1.08 bits per heavy atom. The third-order valence-electron chi connectivity index (χ3n) is 2.96. The largest absolute Gasteiger partial charge is 0.296 e. The maximum Gasteiger partial charge on any atom is 0.253 e. The van der Waals surface area contributed by atoms with Crippen molar-refractivity contribution in [1.82, 2.24) is 5.43 Å². The summed E-state index contributed by atoms with van der Waals surface area (Å²) in [5, 5.41) is 0.716. The minimum atomic E-state index is -3.64. The zero-order valence-corrected chi connectivity index (χ0v) is 17.2. The molecule has 0 radical (unpaired) electrons. The molecule has 2 N–H and O–H groups in total. The molecule has 1 amide bonds. The number of anilines is 1. The number of benzene rings is 2. The quantitative estimate of drug-likeness (QED) is 0.591. The van der Waals surface area contributed by atoms with Crippen LogP contribution in [-0.4, -0.2) is 20.1 Å². The fourth-order valence-corrected chi connectivity index (χ4v) is 4.58. The van der Waals surface area contributed by atoms with E-state index in [1.165, 1.54) is 12.1 Å². The van der Waals surface area contributed by atoms with E-state index in [4.69, 9.17) is 34.8 Å². The van der Waals surface area contributed by atoms with Gasteiger partial charge in [0.05, 0.1) is 21.5 Å². The van der Waals surface area contributed by atoms with Crippen LogP contribution in [0, 0.1) is 0 Å². The second kappa shape index (κ2) is 8.60. The van der Waals surface area contributed by atoms with E-state index in [9.17, 15) is 13.2 Å². The van der Waals surface area contributed by atoms with E-state index in [0.29, 0.717) is 10.6 Å². The van der Waals surface area contributed by atoms with Gasteiger partial charge in [0.25, 0.3) is 5.91 Å². The van der Waals surface area contributed by atoms with Crippen LogP contribution < -0.4 is 10.9 Å². The summed E-state index contributed by atoms with van der Waals surface area (Å²) in [5.41, 5.74) is 5.58. The standard InChI is InChI=1S/C15H12BrCl3N2O3S/c16-10-3-1-2-9(4-10)7-25(23,24)8-14(22)20-21-15-12(18)5-11(17)6-13(15)19/h1-6,21H,7-8H2,(H,20,22). The molecule has 0 aliphatic carbocycles. The number of hydrogen-bond donors (Lipinski definition) is 2. The van der Waals surface area contributed by atoms with E-state index in [-0.39, 0.29) is 21.5 Å². The molecule has 134 valence electrons. The Hall–Kier alpha value is -0.990. The fourth-order valence-electron chi connectivity index (χ4n) is 1.96. The lowest BCUT2D eigenvalue weighted by molar-refractivity contribution is -0.118. The molecular weight excluding hydrogens is 475 g/mol. The molecule has 0 fully saturated rings. The van der Waals surface area contributed by atoms with Gasteiger partial charge in [-0.2, -0.15) is 0 Å². The Morgan fingerprint density at radius 3 is 2.32 bits per heavy atom. The number of halogens is 4. The number of hydrazine groups is 1. The molecule has 2 rings (SSSR count). The molecule has 0 saturated heterocycles. The first-order valence-electron chi connectivity index (χ1n) is 6.80. The van der Waals surface area contributed by atoms with Crippen LogP contribution >= 0.6 is 50.7 Å². The van der Waals surface area contributed by atoms with Crippen LogP contribution in [0.1, 0.15) is 5.56 Å². The summed E-state index contributed by atoms with van der Waals surface area (Å²) in [6, 6.07) is 9.74. The first-order valence-corrected chi connectivity index (χ1v) is 10.6. The molecule has 0 aliphatic heterocycles. The van der Waals surface area contributed by atoms with E-state index in [2.05, 4.69) is 26.8 Å². The number of carbonyl (C=O) groups excluding carboxylic acids is 1. The van der Waals surface area contributed by atoms with Gasteiger partial charge in [-0.1, -0.05) is 62.9 Å². The summed E-state index contributed by atoms with van der Waals surface area (Å²) >= 11 is 21.0. The zero-order chi connectivity index (χ0) is 18.6. The normalized spacial score (nSPS) is 11.2. The second-order valence-electron chi connectivity index (χ2n) is 5.08. The van der Waals surface area contributed by atoms with Gasteiger partial charge in [0.1, 0.15) is 5.75 Å². The van der Waals surface area contributed by atoms with Crippen molar-refractivity contribution in [2.24, 2.45) is 0 Å². The van der Waals surface area contributed by atoms with Gasteiger partial charge >= 0.3 is 0 Å². The molecule has 0 unspecified atom stereocenters. The molecule has 0 aliphatic rings. The Bertz CT molecular complexity index is 884. The van der Waals surface area contributed by atoms with Crippen molar-refractivity contribution in [1.29, 1.82) is 0 Å². The number of rotatable bonds is 6. The van der Waals surface area contributed by atoms with Crippen molar-refractivity contribution in [3.05, 3.63) is 61.5 Å². The Morgan fingerprint density at radius 2 is 1.72 bits per heavy atom. The van der Waals surface area contributed by atoms with Crippen molar-refractivity contribution in [3.8, 4) is 0 Å². The lowest BCUT2D eigenvalue weighted by Gasteiger charge is -2.12. The van der Waals surface area contributed by atoms with E-state index >= 15 is 0 Å². The van der Waals surface area contributed by atoms with Gasteiger partial charge in [-0.25, -0.2) is 8.42 Å². The number of hydrogen-bond acceptors (Lipinski definition) is 4. The number of carbonyl (C=O) groups is 1. The SMILES string of the molecule is O=C(CS(=O)(=O)Cc1cccc(Br)c1)NNc1c(Cl)cc(Cl)cc1Cl. The topological polar surface area (TPSA) is 75.3 Å². The lowest BCUT2D eigenvalue weighted by atomic mass is 10.2. The first-order chi connectivity index (χ1) is 11.7. The summed E-state index contributed by atoms with van der Waals surface area (Å²) in [6.07, 6.45) is 0. The highest BCUT2D eigenvalue weighted by Crippen LogP contribution is 2.33. The monoisotopic (exact) mass is 484 g/mol. The summed E-state index contributed by atoms with van der Waals surface area (Å²) < 4.78 is 25.0. The molecule has 0 heterocycles. The Balaban J connectivity index is 1.98. The Labute approximate surface area is 168 Å². The van der Waals surface area contributed by atoms with E-state index in [1.807, 2.05) is 0 Å². The van der Waals surface area contributed by atoms with E-state index in [1.54, 1.807) is 24.3 Å². The van der Waals surface area contributed by atoms with Gasteiger partial charge in [0.15, 0.2) is 9.84 Å². The van der Waals surface area contributed by atoms with Crippen molar-refractivity contribution in [3.63, 3.8) is 0 Å². The maximum atomic E-state index is 12.1. The van der Waals surface area contributed by atoms with Gasteiger partial charge < -0.3 is 0 Å². The first kappa shape index (κ1) is 20.3. The zero-order valence-electron chi connectivity index (χ0n) is 12.5. The van der Waals surface area contributed by atoms with Crippen molar-refractivity contribution in [2.75, 3.05) is 11.2 Å². The minimum absolute atomic E-state index is 0.190. The molecule has 10 heteroatoms. The summed E-state index contributed by atoms with van der Waals surface area (Å²) in [7, 11) is -3.64. The van der Waals surface area contributed by atoms with Crippen molar-refractivity contribution in [2.45, 2.75) is 5.75 Å². The molecule has 0 bridgehead atoms. The smallest absolute Gasteiger partial charge is 0.253 e. The molecule has 2 aromatic rings. The average molecular weight is 487 g/mol. The molecule has 5 nitrogen and oxygen atoms in total. The lowest BCUT2D eigenvalue weighted by Crippen LogP contribution is -2.35. The molecule has 0 atom stereocenters. The third kappa shape index (κ3) is 6.34. The van der Waals surface area contributed by atoms with Gasteiger partial charge in [-0.15, -0.1) is 0 Å². The molecule has 0 spiro atoms. The summed E-state index contributed by atoms with van der Waals surface area (Å²) in [4.78, 5) is 11.9. The predicted octanol–water partition coefficient (Wildman–Crippen LogP) is 4.47. The van der Waals surface area contributed by atoms with E-state index < -0.39 is 21.5 Å². The van der Waals surface area contributed by atoms with Gasteiger partial charge in [0, 0.05) is 9.50 Å². The number of amides is 1. The molecule has 25 heavy (non-hydrogen) atoms. The fraction of sp³-hybridized carbons (Fsp3) is 0.133. The van der Waals surface area contributed by atoms with Gasteiger partial charge in [0.2, 0.25) is 0 Å². The van der Waals surface area contributed by atoms with Crippen LogP contribution in [0.4, 0.5) is 5.69 Å². The third-order valence-corrected chi connectivity index (χ3v) is 5.74. The number of nitrogens with one attached hydrogen (secondary N) is 2. The highest BCUT2D eigenvalue weighted by Gasteiger charge is 2.18. The van der Waals surface area contributed by atoms with Crippen LogP contribution in [0.5, 0.6) is 0 Å². The van der Waals surface area contributed by atoms with Crippen LogP contribution in [0.2, 0.25) is 15.1 Å². The van der Waals surface area contributed by atoms with Crippen molar-refractivity contribution >= 4 is 72.2 Å². The average Bonchev–Trinajstić information content (AvgIpc) is 2.44. The van der Waals surface area contributed by atoms with Gasteiger partial charge in [-0.05, 0) is 29.8 Å². The van der Waals surface area contributed by atoms with Crippen LogP contribution in [0.15, 0.2) is 40.9 Å². The second-order valence-corrected chi connectivity index (χ2v) is 9.31. The van der Waals surface area contributed by atoms with Gasteiger partial charge in [-0.3, -0.25) is 15.6 Å².